The molecule has 2 aromatic carbocycles. The van der Waals surface area contributed by atoms with Crippen LogP contribution in [0.25, 0.3) is 0 Å². The van der Waals surface area contributed by atoms with Gasteiger partial charge >= 0.3 is 0 Å². The molecule has 28 heavy (non-hydrogen) atoms. The van der Waals surface area contributed by atoms with Crippen LogP contribution < -0.4 is 16.0 Å². The van der Waals surface area contributed by atoms with E-state index in [2.05, 4.69) is 16.0 Å². The molecule has 0 bridgehead atoms. The molecule has 6 nitrogen and oxygen atoms in total. The van der Waals surface area contributed by atoms with Crippen LogP contribution >= 0.6 is 0 Å². The minimum Gasteiger partial charge on any atom is -0.354 e. The van der Waals surface area contributed by atoms with E-state index >= 15 is 0 Å². The van der Waals surface area contributed by atoms with Crippen LogP contribution in [0, 0.1) is 11.6 Å². The summed E-state index contributed by atoms with van der Waals surface area (Å²) in [5.74, 6) is -1.84. The summed E-state index contributed by atoms with van der Waals surface area (Å²) < 4.78 is 25.9. The highest BCUT2D eigenvalue weighted by Crippen LogP contribution is 2.04. The van der Waals surface area contributed by atoms with Gasteiger partial charge in [0, 0.05) is 13.1 Å². The maximum Gasteiger partial charge on any atom is 0.239 e. The third-order valence-electron chi connectivity index (χ3n) is 3.75. The SMILES string of the molecule is O=C(CNC(=O)Cc1cccc(F)c1)NCCNC(=O)Cc1ccc(F)cc1. The molecule has 0 spiro atoms. The van der Waals surface area contributed by atoms with Crippen molar-refractivity contribution in [1.29, 1.82) is 0 Å². The molecule has 148 valence electrons. The molecule has 0 atom stereocenters. The minimum atomic E-state index is -0.426. The summed E-state index contributed by atoms with van der Waals surface area (Å²) in [6, 6.07) is 11.3. The van der Waals surface area contributed by atoms with Crippen LogP contribution in [-0.4, -0.2) is 37.4 Å². The van der Waals surface area contributed by atoms with E-state index in [4.69, 9.17) is 0 Å². The summed E-state index contributed by atoms with van der Waals surface area (Å²) in [5, 5.41) is 7.64. The summed E-state index contributed by atoms with van der Waals surface area (Å²) >= 11 is 0. The maximum absolute atomic E-state index is 13.1. The number of carbonyl (C=O) groups excluding carboxylic acids is 3. The lowest BCUT2D eigenvalue weighted by molar-refractivity contribution is -0.125. The first-order valence-corrected chi connectivity index (χ1v) is 8.71. The fourth-order valence-corrected chi connectivity index (χ4v) is 2.39. The number of benzene rings is 2. The van der Waals surface area contributed by atoms with Gasteiger partial charge in [0.15, 0.2) is 0 Å². The summed E-state index contributed by atoms with van der Waals surface area (Å²) in [6.45, 7) is 0.217. The van der Waals surface area contributed by atoms with E-state index in [0.717, 1.165) is 0 Å². The van der Waals surface area contributed by atoms with Crippen LogP contribution in [0.4, 0.5) is 8.78 Å². The summed E-state index contributed by atoms with van der Waals surface area (Å²) in [5.41, 5.74) is 1.20. The van der Waals surface area contributed by atoms with Gasteiger partial charge < -0.3 is 16.0 Å². The first kappa shape index (κ1) is 21.0. The molecular formula is C20H21F2N3O3. The van der Waals surface area contributed by atoms with Crippen molar-refractivity contribution in [3.05, 3.63) is 71.3 Å². The van der Waals surface area contributed by atoms with Gasteiger partial charge in [-0.05, 0) is 35.4 Å². The lowest BCUT2D eigenvalue weighted by Crippen LogP contribution is -2.41. The molecule has 0 aliphatic heterocycles. The van der Waals surface area contributed by atoms with Gasteiger partial charge in [0.05, 0.1) is 19.4 Å². The smallest absolute Gasteiger partial charge is 0.239 e. The van der Waals surface area contributed by atoms with Crippen molar-refractivity contribution in [2.75, 3.05) is 19.6 Å². The number of halogens is 2. The second kappa shape index (κ2) is 10.8. The Balaban J connectivity index is 1.57. The second-order valence-electron chi connectivity index (χ2n) is 6.09. The molecule has 0 aliphatic carbocycles. The number of amides is 3. The quantitative estimate of drug-likeness (QED) is 0.562. The molecule has 3 N–H and O–H groups in total. The molecular weight excluding hydrogens is 368 g/mol. The largest absolute Gasteiger partial charge is 0.354 e. The number of carbonyl (C=O) groups is 3. The Labute approximate surface area is 161 Å². The molecule has 0 radical (unpaired) electrons. The van der Waals surface area contributed by atoms with E-state index in [9.17, 15) is 23.2 Å². The normalized spacial score (nSPS) is 10.2. The molecule has 0 saturated carbocycles. The van der Waals surface area contributed by atoms with Crippen molar-refractivity contribution in [3.8, 4) is 0 Å². The van der Waals surface area contributed by atoms with Gasteiger partial charge in [0.1, 0.15) is 11.6 Å². The highest BCUT2D eigenvalue weighted by molar-refractivity contribution is 5.85. The zero-order valence-corrected chi connectivity index (χ0v) is 15.1. The number of nitrogens with one attached hydrogen (secondary N) is 3. The van der Waals surface area contributed by atoms with Crippen LogP contribution in [0.1, 0.15) is 11.1 Å². The summed E-state index contributed by atoms with van der Waals surface area (Å²) in [6.07, 6.45) is 0.0921. The molecule has 3 amide bonds. The van der Waals surface area contributed by atoms with Crippen LogP contribution in [0.2, 0.25) is 0 Å². The third-order valence-corrected chi connectivity index (χ3v) is 3.75. The molecule has 2 aromatic rings. The van der Waals surface area contributed by atoms with Crippen LogP contribution in [-0.2, 0) is 27.2 Å². The minimum absolute atomic E-state index is 0.0233. The average Bonchev–Trinajstić information content (AvgIpc) is 2.65. The van der Waals surface area contributed by atoms with Crippen LogP contribution in [0.3, 0.4) is 0 Å². The number of rotatable bonds is 9. The van der Waals surface area contributed by atoms with E-state index in [1.807, 2.05) is 0 Å². The predicted molar refractivity (Wildman–Crippen MR) is 99.2 cm³/mol. The van der Waals surface area contributed by atoms with Crippen LogP contribution in [0.5, 0.6) is 0 Å². The van der Waals surface area contributed by atoms with E-state index in [1.54, 1.807) is 6.07 Å². The Bertz CT molecular complexity index is 826. The third kappa shape index (κ3) is 7.94. The second-order valence-corrected chi connectivity index (χ2v) is 6.09. The lowest BCUT2D eigenvalue weighted by atomic mass is 10.1. The molecule has 2 rings (SSSR count). The predicted octanol–water partition coefficient (Wildman–Crippen LogP) is 1.10. The molecule has 8 heteroatoms. The molecule has 0 saturated heterocycles. The highest BCUT2D eigenvalue weighted by Gasteiger charge is 2.07. The first-order valence-electron chi connectivity index (χ1n) is 8.71. The van der Waals surface area contributed by atoms with Gasteiger partial charge in [-0.3, -0.25) is 14.4 Å². The summed E-state index contributed by atoms with van der Waals surface area (Å²) in [4.78, 5) is 35.2. The first-order chi connectivity index (χ1) is 13.4. The Morgan fingerprint density at radius 1 is 0.679 bits per heavy atom. The molecule has 0 unspecified atom stereocenters. The monoisotopic (exact) mass is 389 g/mol. The number of hydrogen-bond acceptors (Lipinski definition) is 3. The van der Waals surface area contributed by atoms with Gasteiger partial charge in [0.25, 0.3) is 0 Å². The zero-order chi connectivity index (χ0) is 20.4. The summed E-state index contributed by atoms with van der Waals surface area (Å²) in [7, 11) is 0. The Kier molecular flexibility index (Phi) is 8.08. The standard InChI is InChI=1S/C20H21F2N3O3/c21-16-6-4-14(5-7-16)11-18(26)23-8-9-24-20(28)13-25-19(27)12-15-2-1-3-17(22)10-15/h1-7,10H,8-9,11-13H2,(H,23,26)(H,24,28)(H,25,27). The van der Waals surface area contributed by atoms with Gasteiger partial charge in [0.2, 0.25) is 17.7 Å². The molecule has 0 aromatic heterocycles. The molecule has 0 fully saturated rings. The van der Waals surface area contributed by atoms with E-state index in [0.29, 0.717) is 11.1 Å². The zero-order valence-electron chi connectivity index (χ0n) is 15.1. The highest BCUT2D eigenvalue weighted by atomic mass is 19.1. The fraction of sp³-hybridized carbons (Fsp3) is 0.250. The van der Waals surface area contributed by atoms with Crippen molar-refractivity contribution < 1.29 is 23.2 Å². The Morgan fingerprint density at radius 2 is 1.29 bits per heavy atom. The lowest BCUT2D eigenvalue weighted by Gasteiger charge is -2.08. The average molecular weight is 389 g/mol. The van der Waals surface area contributed by atoms with Crippen molar-refractivity contribution >= 4 is 17.7 Å². The maximum atomic E-state index is 13.1. The van der Waals surface area contributed by atoms with Crippen molar-refractivity contribution in [2.24, 2.45) is 0 Å². The Morgan fingerprint density at radius 3 is 1.96 bits per heavy atom. The van der Waals surface area contributed by atoms with Crippen LogP contribution in [0.15, 0.2) is 48.5 Å². The molecule has 0 heterocycles. The van der Waals surface area contributed by atoms with Gasteiger partial charge in [-0.1, -0.05) is 24.3 Å². The fourth-order valence-electron chi connectivity index (χ4n) is 2.39. The van der Waals surface area contributed by atoms with Crippen molar-refractivity contribution in [1.82, 2.24) is 16.0 Å². The van der Waals surface area contributed by atoms with Crippen molar-refractivity contribution in [3.63, 3.8) is 0 Å². The number of hydrogen-bond donors (Lipinski definition) is 3. The van der Waals surface area contributed by atoms with E-state index in [1.165, 1.54) is 42.5 Å². The van der Waals surface area contributed by atoms with Gasteiger partial charge in [-0.25, -0.2) is 8.78 Å². The van der Waals surface area contributed by atoms with E-state index in [-0.39, 0.29) is 44.2 Å². The van der Waals surface area contributed by atoms with Gasteiger partial charge in [-0.2, -0.15) is 0 Å². The Hall–Kier alpha value is -3.29. The topological polar surface area (TPSA) is 87.3 Å². The van der Waals surface area contributed by atoms with E-state index < -0.39 is 17.6 Å². The molecule has 0 aliphatic rings. The van der Waals surface area contributed by atoms with Gasteiger partial charge in [-0.15, -0.1) is 0 Å². The van der Waals surface area contributed by atoms with Crippen molar-refractivity contribution in [2.45, 2.75) is 12.8 Å².